The van der Waals surface area contributed by atoms with Gasteiger partial charge in [0, 0.05) is 5.41 Å². The van der Waals surface area contributed by atoms with E-state index in [0.29, 0.717) is 5.69 Å². The van der Waals surface area contributed by atoms with Gasteiger partial charge in [0.1, 0.15) is 17.0 Å². The van der Waals surface area contributed by atoms with Crippen LogP contribution in [0.15, 0.2) is 34.2 Å². The van der Waals surface area contributed by atoms with Gasteiger partial charge in [-0.3, -0.25) is 9.78 Å². The summed E-state index contributed by atoms with van der Waals surface area (Å²) in [7, 11) is 0. The lowest BCUT2D eigenvalue weighted by Crippen LogP contribution is -2.28. The molecule has 1 aromatic carbocycles. The molecule has 0 fully saturated rings. The molecular weight excluding hydrogens is 318 g/mol. The maximum Gasteiger partial charge on any atom is 0.274 e. The van der Waals surface area contributed by atoms with Crippen molar-refractivity contribution in [3.63, 3.8) is 0 Å². The van der Waals surface area contributed by atoms with E-state index in [1.165, 1.54) is 0 Å². The van der Waals surface area contributed by atoms with Crippen LogP contribution in [0.5, 0.6) is 5.75 Å². The molecule has 0 amide bonds. The van der Waals surface area contributed by atoms with Crippen molar-refractivity contribution < 1.29 is 4.74 Å². The van der Waals surface area contributed by atoms with Gasteiger partial charge < -0.3 is 4.74 Å². The average Bonchev–Trinajstić information content (AvgIpc) is 2.46. The van der Waals surface area contributed by atoms with Crippen LogP contribution in [0.4, 0.5) is 5.95 Å². The van der Waals surface area contributed by atoms with Crippen LogP contribution >= 0.6 is 0 Å². The average molecular weight is 343 g/mol. The molecule has 0 spiro atoms. The molecule has 0 atom stereocenters. The van der Waals surface area contributed by atoms with Crippen LogP contribution < -0.4 is 15.7 Å². The fourth-order valence-corrected chi connectivity index (χ4v) is 2.02. The molecule has 0 bridgehead atoms. The van der Waals surface area contributed by atoms with Crippen LogP contribution in [0.25, 0.3) is 0 Å². The predicted octanol–water partition coefficient (Wildman–Crippen LogP) is 3.09. The van der Waals surface area contributed by atoms with Gasteiger partial charge in [0.15, 0.2) is 0 Å². The Morgan fingerprint density at radius 1 is 1.08 bits per heavy atom. The molecule has 2 aromatic rings. The van der Waals surface area contributed by atoms with Gasteiger partial charge in [-0.2, -0.15) is 5.10 Å². The highest BCUT2D eigenvalue weighted by molar-refractivity contribution is 5.80. The lowest BCUT2D eigenvalue weighted by atomic mass is 9.93. The molecule has 0 unspecified atom stereocenters. The van der Waals surface area contributed by atoms with E-state index < -0.39 is 0 Å². The molecule has 0 aliphatic carbocycles. The van der Waals surface area contributed by atoms with Gasteiger partial charge in [-0.15, -0.1) is 10.2 Å². The summed E-state index contributed by atoms with van der Waals surface area (Å²) in [6.07, 6.45) is 1.62. The lowest BCUT2D eigenvalue weighted by Gasteiger charge is -2.21. The normalized spacial score (nSPS) is 12.4. The molecule has 0 aliphatic rings. The van der Waals surface area contributed by atoms with Crippen LogP contribution in [0.1, 0.15) is 52.8 Å². The maximum atomic E-state index is 12.0. The Kier molecular flexibility index (Phi) is 5.25. The summed E-state index contributed by atoms with van der Waals surface area (Å²) >= 11 is 0. The number of aromatic nitrogens is 3. The van der Waals surface area contributed by atoms with Crippen molar-refractivity contribution in [3.8, 4) is 5.75 Å². The third kappa shape index (κ3) is 5.70. The quantitative estimate of drug-likeness (QED) is 0.657. The fourth-order valence-electron chi connectivity index (χ4n) is 2.02. The highest BCUT2D eigenvalue weighted by atomic mass is 16.5. The topological polar surface area (TPSA) is 92.3 Å². The SMILES string of the molecule is CC(C)(C)Oc1ccc(/C=N/Nc2nnc(C(C)(C)C)c(=O)[nH]2)cc1. The number of ether oxygens (including phenoxy) is 1. The molecule has 0 saturated carbocycles. The second-order valence-corrected chi connectivity index (χ2v) is 7.75. The first-order valence-corrected chi connectivity index (χ1v) is 8.10. The van der Waals surface area contributed by atoms with Crippen LogP contribution in [0.3, 0.4) is 0 Å². The monoisotopic (exact) mass is 343 g/mol. The summed E-state index contributed by atoms with van der Waals surface area (Å²) in [5.41, 5.74) is 3.07. The standard InChI is InChI=1S/C18H25N5O2/c1-17(2,3)14-15(24)20-16(23-21-14)22-19-11-12-7-9-13(10-8-12)25-18(4,5)6/h7-11H,1-6H3,(H2,20,22,23,24)/b19-11+. The van der Waals surface area contributed by atoms with Crippen molar-refractivity contribution >= 4 is 12.2 Å². The van der Waals surface area contributed by atoms with Crippen molar-refractivity contribution in [1.29, 1.82) is 0 Å². The molecule has 2 rings (SSSR count). The Balaban J connectivity index is 2.01. The summed E-state index contributed by atoms with van der Waals surface area (Å²) < 4.78 is 5.76. The number of hydrogen-bond acceptors (Lipinski definition) is 6. The van der Waals surface area contributed by atoms with Crippen molar-refractivity contribution in [1.82, 2.24) is 15.2 Å². The molecule has 1 heterocycles. The first-order chi connectivity index (χ1) is 11.5. The van der Waals surface area contributed by atoms with E-state index in [1.54, 1.807) is 6.21 Å². The number of aromatic amines is 1. The van der Waals surface area contributed by atoms with Gasteiger partial charge in [-0.25, -0.2) is 5.43 Å². The summed E-state index contributed by atoms with van der Waals surface area (Å²) in [4.78, 5) is 14.6. The Morgan fingerprint density at radius 2 is 1.72 bits per heavy atom. The summed E-state index contributed by atoms with van der Waals surface area (Å²) in [6, 6.07) is 7.55. The Labute approximate surface area is 147 Å². The van der Waals surface area contributed by atoms with E-state index in [-0.39, 0.29) is 22.5 Å². The molecular formula is C18H25N5O2. The Bertz CT molecular complexity index is 796. The number of hydrogen-bond donors (Lipinski definition) is 2. The van der Waals surface area contributed by atoms with E-state index in [9.17, 15) is 4.79 Å². The molecule has 7 nitrogen and oxygen atoms in total. The molecule has 1 aromatic heterocycles. The highest BCUT2D eigenvalue weighted by Crippen LogP contribution is 2.18. The summed E-state index contributed by atoms with van der Waals surface area (Å²) in [6.45, 7) is 11.7. The molecule has 0 aliphatic heterocycles. The third-order valence-electron chi connectivity index (χ3n) is 3.10. The Hall–Kier alpha value is -2.70. The molecule has 134 valence electrons. The molecule has 7 heteroatoms. The second-order valence-electron chi connectivity index (χ2n) is 7.75. The molecule has 0 saturated heterocycles. The van der Waals surface area contributed by atoms with E-state index in [4.69, 9.17) is 4.74 Å². The fraction of sp³-hybridized carbons (Fsp3) is 0.444. The number of rotatable bonds is 4. The van der Waals surface area contributed by atoms with Gasteiger partial charge in [0.2, 0.25) is 5.95 Å². The Morgan fingerprint density at radius 3 is 2.24 bits per heavy atom. The zero-order valence-electron chi connectivity index (χ0n) is 15.5. The number of benzene rings is 1. The van der Waals surface area contributed by atoms with Crippen molar-refractivity contribution in [2.24, 2.45) is 5.10 Å². The smallest absolute Gasteiger partial charge is 0.274 e. The van der Waals surface area contributed by atoms with Crippen molar-refractivity contribution in [3.05, 3.63) is 45.9 Å². The van der Waals surface area contributed by atoms with Crippen LogP contribution in [0, 0.1) is 0 Å². The van der Waals surface area contributed by atoms with Gasteiger partial charge in [-0.1, -0.05) is 20.8 Å². The van der Waals surface area contributed by atoms with Gasteiger partial charge in [-0.05, 0) is 50.6 Å². The highest BCUT2D eigenvalue weighted by Gasteiger charge is 2.20. The van der Waals surface area contributed by atoms with Crippen molar-refractivity contribution in [2.75, 3.05) is 5.43 Å². The zero-order chi connectivity index (χ0) is 18.7. The van der Waals surface area contributed by atoms with Gasteiger partial charge >= 0.3 is 0 Å². The van der Waals surface area contributed by atoms with E-state index in [0.717, 1.165) is 11.3 Å². The lowest BCUT2D eigenvalue weighted by molar-refractivity contribution is 0.131. The first kappa shape index (κ1) is 18.6. The van der Waals surface area contributed by atoms with Crippen LogP contribution in [-0.2, 0) is 5.41 Å². The maximum absolute atomic E-state index is 12.0. The van der Waals surface area contributed by atoms with Gasteiger partial charge in [0.25, 0.3) is 5.56 Å². The number of nitrogens with zero attached hydrogens (tertiary/aromatic N) is 3. The number of H-pyrrole nitrogens is 1. The van der Waals surface area contributed by atoms with Crippen molar-refractivity contribution in [2.45, 2.75) is 52.6 Å². The minimum atomic E-state index is -0.362. The number of anilines is 1. The largest absolute Gasteiger partial charge is 0.488 e. The first-order valence-electron chi connectivity index (χ1n) is 8.10. The third-order valence-corrected chi connectivity index (χ3v) is 3.10. The molecule has 2 N–H and O–H groups in total. The minimum absolute atomic E-state index is 0.196. The molecule has 25 heavy (non-hydrogen) atoms. The van der Waals surface area contributed by atoms with E-state index in [2.05, 4.69) is 25.7 Å². The molecule has 0 radical (unpaired) electrons. The van der Waals surface area contributed by atoms with Crippen LogP contribution in [-0.4, -0.2) is 27.0 Å². The second kappa shape index (κ2) is 7.04. The van der Waals surface area contributed by atoms with Gasteiger partial charge in [0.05, 0.1) is 6.21 Å². The summed E-state index contributed by atoms with van der Waals surface area (Å²) in [5, 5.41) is 12.0. The number of hydrazone groups is 1. The summed E-state index contributed by atoms with van der Waals surface area (Å²) in [5.74, 6) is 0.993. The number of nitrogens with one attached hydrogen (secondary N) is 2. The predicted molar refractivity (Wildman–Crippen MR) is 99.4 cm³/mol. The zero-order valence-corrected chi connectivity index (χ0v) is 15.5. The van der Waals surface area contributed by atoms with E-state index in [1.807, 2.05) is 65.8 Å². The van der Waals surface area contributed by atoms with Crippen LogP contribution in [0.2, 0.25) is 0 Å². The van der Waals surface area contributed by atoms with E-state index >= 15 is 0 Å². The minimum Gasteiger partial charge on any atom is -0.488 e.